The van der Waals surface area contributed by atoms with E-state index >= 15 is 0 Å². The van der Waals surface area contributed by atoms with Gasteiger partial charge in [-0.2, -0.15) is 0 Å². The molecule has 2 aromatic rings. The number of carboxylic acids is 2. The predicted octanol–water partition coefficient (Wildman–Crippen LogP) is -0.160. The second-order valence-electron chi connectivity index (χ2n) is 6.05. The van der Waals surface area contributed by atoms with Gasteiger partial charge in [-0.05, 0) is 24.3 Å². The van der Waals surface area contributed by atoms with Gasteiger partial charge >= 0.3 is 23.9 Å². The third-order valence-corrected chi connectivity index (χ3v) is 3.84. The maximum atomic E-state index is 12.2. The van der Waals surface area contributed by atoms with Crippen LogP contribution in [0.1, 0.15) is 20.7 Å². The van der Waals surface area contributed by atoms with Gasteiger partial charge in [-0.25, -0.2) is 19.2 Å². The van der Waals surface area contributed by atoms with E-state index in [1.54, 1.807) is 0 Å². The van der Waals surface area contributed by atoms with E-state index in [1.807, 2.05) is 0 Å². The van der Waals surface area contributed by atoms with E-state index in [0.717, 1.165) is 0 Å². The van der Waals surface area contributed by atoms with Gasteiger partial charge in [0.25, 0.3) is 0 Å². The van der Waals surface area contributed by atoms with Crippen molar-refractivity contribution in [1.29, 1.82) is 0 Å². The molecular formula is C18H14O14. The van der Waals surface area contributed by atoms with Crippen LogP contribution < -0.4 is 0 Å². The number of hydrogen-bond acceptors (Lipinski definition) is 12. The first-order valence-corrected chi connectivity index (χ1v) is 8.21. The van der Waals surface area contributed by atoms with E-state index in [-0.39, 0.29) is 0 Å². The van der Waals surface area contributed by atoms with Crippen LogP contribution >= 0.6 is 0 Å². The first-order valence-electron chi connectivity index (χ1n) is 8.21. The molecule has 0 unspecified atom stereocenters. The van der Waals surface area contributed by atoms with Crippen LogP contribution in [0.15, 0.2) is 24.3 Å². The van der Waals surface area contributed by atoms with Crippen molar-refractivity contribution in [2.24, 2.45) is 0 Å². The molecule has 2 atom stereocenters. The molecule has 14 nitrogen and oxygen atoms in total. The van der Waals surface area contributed by atoms with E-state index in [9.17, 15) is 60.0 Å². The quantitative estimate of drug-likeness (QED) is 0.200. The lowest BCUT2D eigenvalue weighted by molar-refractivity contribution is -0.166. The zero-order valence-electron chi connectivity index (χ0n) is 15.5. The first-order chi connectivity index (χ1) is 14.8. The van der Waals surface area contributed by atoms with Crippen molar-refractivity contribution in [2.75, 3.05) is 0 Å². The van der Waals surface area contributed by atoms with Crippen LogP contribution in [0, 0.1) is 0 Å². The lowest BCUT2D eigenvalue weighted by atomic mass is 10.1. The van der Waals surface area contributed by atoms with Gasteiger partial charge in [-0.3, -0.25) is 0 Å². The molecule has 0 aliphatic heterocycles. The summed E-state index contributed by atoms with van der Waals surface area (Å²) in [5, 5.41) is 74.8. The number of phenolic OH excluding ortho intramolecular Hbond substituents is 6. The Labute approximate surface area is 176 Å². The molecule has 32 heavy (non-hydrogen) atoms. The van der Waals surface area contributed by atoms with Crippen molar-refractivity contribution >= 4 is 23.9 Å². The van der Waals surface area contributed by atoms with Crippen LogP contribution in [0.25, 0.3) is 0 Å². The van der Waals surface area contributed by atoms with Crippen LogP contribution in [0.2, 0.25) is 0 Å². The summed E-state index contributed by atoms with van der Waals surface area (Å²) < 4.78 is 9.07. The van der Waals surface area contributed by atoms with Gasteiger partial charge in [0.05, 0.1) is 11.1 Å². The molecule has 2 aromatic carbocycles. The van der Waals surface area contributed by atoms with Gasteiger partial charge in [0, 0.05) is 0 Å². The third kappa shape index (κ3) is 4.81. The summed E-state index contributed by atoms with van der Waals surface area (Å²) in [6.07, 6.45) is -5.28. The van der Waals surface area contributed by atoms with E-state index in [1.165, 1.54) is 0 Å². The van der Waals surface area contributed by atoms with Crippen LogP contribution in [0.5, 0.6) is 34.5 Å². The van der Waals surface area contributed by atoms with E-state index in [4.69, 9.17) is 0 Å². The molecule has 0 bridgehead atoms. The zero-order chi connectivity index (χ0) is 24.3. The second-order valence-corrected chi connectivity index (χ2v) is 6.05. The summed E-state index contributed by atoms with van der Waals surface area (Å²) >= 11 is 0. The van der Waals surface area contributed by atoms with Gasteiger partial charge in [-0.15, -0.1) is 0 Å². The SMILES string of the molecule is O=C(O[C@H](C(=O)O)[C@@H](OC(=O)c1cc(O)c(O)c(O)c1)C(=O)O)c1cc(O)c(O)c(O)c1. The molecule has 0 saturated heterocycles. The number of aliphatic carboxylic acids is 2. The van der Waals surface area contributed by atoms with Crippen molar-refractivity contribution in [3.63, 3.8) is 0 Å². The maximum absolute atomic E-state index is 12.2. The first kappa shape index (κ1) is 23.4. The zero-order valence-corrected chi connectivity index (χ0v) is 15.5. The third-order valence-electron chi connectivity index (χ3n) is 3.84. The molecule has 0 amide bonds. The highest BCUT2D eigenvalue weighted by atomic mass is 16.6. The molecule has 170 valence electrons. The number of ether oxygens (including phenoxy) is 2. The average Bonchev–Trinajstić information content (AvgIpc) is 2.71. The maximum Gasteiger partial charge on any atom is 0.349 e. The van der Waals surface area contributed by atoms with Crippen molar-refractivity contribution < 1.29 is 69.5 Å². The van der Waals surface area contributed by atoms with Crippen LogP contribution in [0.3, 0.4) is 0 Å². The Morgan fingerprint density at radius 1 is 0.562 bits per heavy atom. The van der Waals surface area contributed by atoms with Gasteiger partial charge in [0.2, 0.25) is 12.2 Å². The Morgan fingerprint density at radius 3 is 1.03 bits per heavy atom. The molecule has 0 aliphatic carbocycles. The van der Waals surface area contributed by atoms with Gasteiger partial charge < -0.3 is 50.3 Å². The Bertz CT molecular complexity index is 971. The fraction of sp³-hybridized carbons (Fsp3) is 0.111. The summed E-state index contributed by atoms with van der Waals surface area (Å²) in [7, 11) is 0. The molecule has 0 saturated carbocycles. The number of carbonyl (C=O) groups excluding carboxylic acids is 2. The molecule has 0 fully saturated rings. The molecule has 2 rings (SSSR count). The van der Waals surface area contributed by atoms with Crippen molar-refractivity contribution in [3.05, 3.63) is 35.4 Å². The van der Waals surface area contributed by atoms with Crippen LogP contribution in [0.4, 0.5) is 0 Å². The second kappa shape index (κ2) is 8.86. The summed E-state index contributed by atoms with van der Waals surface area (Å²) in [6.45, 7) is 0. The molecule has 14 heteroatoms. The highest BCUT2D eigenvalue weighted by molar-refractivity contribution is 5.96. The highest BCUT2D eigenvalue weighted by Gasteiger charge is 2.41. The van der Waals surface area contributed by atoms with Crippen molar-refractivity contribution in [3.8, 4) is 34.5 Å². The van der Waals surface area contributed by atoms with Gasteiger partial charge in [-0.1, -0.05) is 0 Å². The summed E-state index contributed by atoms with van der Waals surface area (Å²) in [4.78, 5) is 47.3. The van der Waals surface area contributed by atoms with Crippen molar-refractivity contribution in [2.45, 2.75) is 12.2 Å². The Hall–Kier alpha value is -4.88. The van der Waals surface area contributed by atoms with Crippen LogP contribution in [-0.2, 0) is 19.1 Å². The number of aromatic hydroxyl groups is 6. The normalized spacial score (nSPS) is 12.4. The fourth-order valence-electron chi connectivity index (χ4n) is 2.29. The predicted molar refractivity (Wildman–Crippen MR) is 96.6 cm³/mol. The largest absolute Gasteiger partial charge is 0.504 e. The summed E-state index contributed by atoms with van der Waals surface area (Å²) in [5.74, 6) is -13.2. The number of hydrogen-bond donors (Lipinski definition) is 8. The number of carboxylic acid groups (broad SMARTS) is 2. The Kier molecular flexibility index (Phi) is 6.48. The summed E-state index contributed by atoms with van der Waals surface area (Å²) in [6, 6.07) is 2.33. The number of rotatable bonds is 7. The lowest BCUT2D eigenvalue weighted by Crippen LogP contribution is -2.45. The number of phenols is 6. The Morgan fingerprint density at radius 2 is 0.812 bits per heavy atom. The molecule has 0 heterocycles. The van der Waals surface area contributed by atoms with E-state index in [0.29, 0.717) is 24.3 Å². The molecule has 0 spiro atoms. The van der Waals surface area contributed by atoms with E-state index in [2.05, 4.69) is 9.47 Å². The van der Waals surface area contributed by atoms with Crippen LogP contribution in [-0.4, -0.2) is 76.9 Å². The summed E-state index contributed by atoms with van der Waals surface area (Å²) in [5.41, 5.74) is -1.37. The highest BCUT2D eigenvalue weighted by Crippen LogP contribution is 2.36. The van der Waals surface area contributed by atoms with Gasteiger partial charge in [0.1, 0.15) is 0 Å². The lowest BCUT2D eigenvalue weighted by Gasteiger charge is -2.21. The minimum atomic E-state index is -2.64. The Balaban J connectivity index is 2.32. The minimum absolute atomic E-state index is 0.583. The number of carbonyl (C=O) groups is 4. The van der Waals surface area contributed by atoms with Crippen molar-refractivity contribution in [1.82, 2.24) is 0 Å². The average molecular weight is 454 g/mol. The molecule has 0 aliphatic rings. The minimum Gasteiger partial charge on any atom is -0.504 e. The molecular weight excluding hydrogens is 440 g/mol. The monoisotopic (exact) mass is 454 g/mol. The standard InChI is InChI=1S/C18H14O14/c19-7-1-5(2-8(20)11(7)23)17(29)31-13(15(25)26)14(16(27)28)32-18(30)6-3-9(21)12(24)10(22)4-6/h1-4,13-14,19-24H,(H,25,26)(H,27,28)/t13-,14+. The number of benzene rings is 2. The molecule has 8 N–H and O–H groups in total. The topological polar surface area (TPSA) is 249 Å². The molecule has 0 aromatic heterocycles. The molecule has 0 radical (unpaired) electrons. The van der Waals surface area contributed by atoms with Gasteiger partial charge in [0.15, 0.2) is 34.5 Å². The fourth-order valence-corrected chi connectivity index (χ4v) is 2.29. The smallest absolute Gasteiger partial charge is 0.349 e. The van der Waals surface area contributed by atoms with E-state index < -0.39 is 81.7 Å². The number of esters is 2.